The molecule has 2 aromatic rings. The van der Waals surface area contributed by atoms with E-state index in [-0.39, 0.29) is 12.4 Å². The molecule has 2 N–H and O–H groups in total. The Balaban J connectivity index is 2.32. The van der Waals surface area contributed by atoms with E-state index < -0.39 is 12.6 Å². The summed E-state index contributed by atoms with van der Waals surface area (Å²) >= 11 is 0. The first-order valence-electron chi connectivity index (χ1n) is 8.79. The Morgan fingerprint density at radius 2 is 2.21 bits per heavy atom. The average Bonchev–Trinajstić information content (AvgIpc) is 2.67. The third-order valence-corrected chi connectivity index (χ3v) is 3.66. The molecule has 1 aromatic carbocycles. The minimum Gasteiger partial charge on any atom is -0.490 e. The van der Waals surface area contributed by atoms with Crippen molar-refractivity contribution in [2.45, 2.75) is 20.5 Å². The third kappa shape index (κ3) is 5.92. The van der Waals surface area contributed by atoms with Crippen LogP contribution in [-0.2, 0) is 16.1 Å². The number of aliphatic carboxylic acids is 1. The van der Waals surface area contributed by atoms with Crippen molar-refractivity contribution in [3.05, 3.63) is 46.6 Å². The van der Waals surface area contributed by atoms with Gasteiger partial charge in [-0.15, -0.1) is 0 Å². The van der Waals surface area contributed by atoms with Gasteiger partial charge < -0.3 is 19.3 Å². The predicted octanol–water partition coefficient (Wildman–Crippen LogP) is 2.72. The number of ether oxygens (including phenoxy) is 3. The number of hydrogen-bond acceptors (Lipinski definition) is 8. The maximum Gasteiger partial charge on any atom is 0.341 e. The molecule has 0 aliphatic carbocycles. The Morgan fingerprint density at radius 3 is 2.86 bits per heavy atom. The van der Waals surface area contributed by atoms with E-state index in [2.05, 4.69) is 21.6 Å². The minimum absolute atomic E-state index is 0.264. The van der Waals surface area contributed by atoms with Crippen molar-refractivity contribution in [1.82, 2.24) is 4.98 Å². The van der Waals surface area contributed by atoms with Gasteiger partial charge in [0, 0.05) is 23.9 Å². The van der Waals surface area contributed by atoms with Gasteiger partial charge in [-0.1, -0.05) is 6.07 Å². The standard InChI is InChI=1S/C20H22N4O5/c1-4-28-17-7-5-6-14(19(17)29-12-18(25)26)10-22-24-20-16(9-21)15(11-27-3)8-13(2)23-20/h5-8,10H,4,11-12H2,1-3H3,(H,23,24)(H,25,26)/b22-10+. The molecule has 1 aromatic heterocycles. The first-order valence-corrected chi connectivity index (χ1v) is 8.79. The largest absolute Gasteiger partial charge is 0.490 e. The molecule has 0 bridgehead atoms. The van der Waals surface area contributed by atoms with Crippen LogP contribution in [0.3, 0.4) is 0 Å². The van der Waals surface area contributed by atoms with Crippen molar-refractivity contribution in [1.29, 1.82) is 5.26 Å². The Hall–Kier alpha value is -3.64. The van der Waals surface area contributed by atoms with E-state index >= 15 is 0 Å². The maximum absolute atomic E-state index is 10.9. The molecule has 2 rings (SSSR count). The van der Waals surface area contributed by atoms with Gasteiger partial charge in [-0.25, -0.2) is 9.78 Å². The molecule has 0 radical (unpaired) electrons. The molecule has 0 aliphatic heterocycles. The van der Waals surface area contributed by atoms with Gasteiger partial charge in [0.2, 0.25) is 0 Å². The fourth-order valence-electron chi connectivity index (χ4n) is 2.57. The van der Waals surface area contributed by atoms with Gasteiger partial charge in [-0.05, 0) is 32.0 Å². The third-order valence-electron chi connectivity index (χ3n) is 3.66. The summed E-state index contributed by atoms with van der Waals surface area (Å²) in [6, 6.07) is 9.01. The van der Waals surface area contributed by atoms with Crippen LogP contribution in [0.2, 0.25) is 0 Å². The molecule has 1 heterocycles. The lowest BCUT2D eigenvalue weighted by molar-refractivity contribution is -0.139. The normalized spacial score (nSPS) is 10.6. The van der Waals surface area contributed by atoms with Gasteiger partial charge in [0.1, 0.15) is 11.6 Å². The number of carboxylic acids is 1. The number of hydrogen-bond donors (Lipinski definition) is 2. The van der Waals surface area contributed by atoms with Gasteiger partial charge in [-0.2, -0.15) is 10.4 Å². The number of aromatic nitrogens is 1. The van der Waals surface area contributed by atoms with Crippen LogP contribution in [0, 0.1) is 18.3 Å². The second-order valence-corrected chi connectivity index (χ2v) is 5.85. The summed E-state index contributed by atoms with van der Waals surface area (Å²) in [6.07, 6.45) is 1.45. The first kappa shape index (κ1) is 21.7. The monoisotopic (exact) mass is 398 g/mol. The number of para-hydroxylation sites is 1. The number of anilines is 1. The number of methoxy groups -OCH3 is 1. The quantitative estimate of drug-likeness (QED) is 0.462. The molecule has 0 saturated heterocycles. The SMILES string of the molecule is CCOc1cccc(/C=N/Nc2nc(C)cc(COC)c2C#N)c1OCC(=O)O. The number of hydrazone groups is 1. The molecule has 29 heavy (non-hydrogen) atoms. The van der Waals surface area contributed by atoms with Crippen LogP contribution < -0.4 is 14.9 Å². The Morgan fingerprint density at radius 1 is 1.41 bits per heavy atom. The smallest absolute Gasteiger partial charge is 0.341 e. The predicted molar refractivity (Wildman–Crippen MR) is 106 cm³/mol. The van der Waals surface area contributed by atoms with E-state index in [1.54, 1.807) is 38.3 Å². The van der Waals surface area contributed by atoms with Crippen LogP contribution in [0.5, 0.6) is 11.5 Å². The molecule has 0 aliphatic rings. The summed E-state index contributed by atoms with van der Waals surface area (Å²) in [4.78, 5) is 15.2. The van der Waals surface area contributed by atoms with Crippen LogP contribution in [0.1, 0.15) is 29.3 Å². The van der Waals surface area contributed by atoms with Gasteiger partial charge in [0.05, 0.1) is 19.4 Å². The second kappa shape index (κ2) is 10.6. The van der Waals surface area contributed by atoms with E-state index in [0.717, 1.165) is 0 Å². The average molecular weight is 398 g/mol. The van der Waals surface area contributed by atoms with Gasteiger partial charge in [0.25, 0.3) is 0 Å². The summed E-state index contributed by atoms with van der Waals surface area (Å²) < 4.78 is 16.0. The Bertz CT molecular complexity index is 937. The summed E-state index contributed by atoms with van der Waals surface area (Å²) in [5.74, 6) is -0.137. The van der Waals surface area contributed by atoms with Crippen LogP contribution in [0.4, 0.5) is 5.82 Å². The van der Waals surface area contributed by atoms with Crippen molar-refractivity contribution in [2.24, 2.45) is 5.10 Å². The zero-order valence-corrected chi connectivity index (χ0v) is 16.4. The van der Waals surface area contributed by atoms with Gasteiger partial charge in [-0.3, -0.25) is 5.43 Å². The highest BCUT2D eigenvalue weighted by Crippen LogP contribution is 2.30. The van der Waals surface area contributed by atoms with Gasteiger partial charge >= 0.3 is 5.97 Å². The maximum atomic E-state index is 10.9. The fourth-order valence-corrected chi connectivity index (χ4v) is 2.57. The lowest BCUT2D eigenvalue weighted by atomic mass is 10.1. The van der Waals surface area contributed by atoms with Crippen molar-refractivity contribution >= 4 is 18.0 Å². The highest BCUT2D eigenvalue weighted by molar-refractivity contribution is 5.86. The topological polar surface area (TPSA) is 126 Å². The second-order valence-electron chi connectivity index (χ2n) is 5.85. The molecule has 0 saturated carbocycles. The summed E-state index contributed by atoms with van der Waals surface area (Å²) in [6.45, 7) is 3.76. The molecule has 0 fully saturated rings. The fraction of sp³-hybridized carbons (Fsp3) is 0.300. The molecule has 0 atom stereocenters. The van der Waals surface area contributed by atoms with Crippen LogP contribution in [0.25, 0.3) is 0 Å². The van der Waals surface area contributed by atoms with E-state index in [4.69, 9.17) is 19.3 Å². The summed E-state index contributed by atoms with van der Waals surface area (Å²) in [5.41, 5.74) is 5.01. The number of aryl methyl sites for hydroxylation is 1. The molecule has 9 nitrogen and oxygen atoms in total. The molecular formula is C20H22N4O5. The van der Waals surface area contributed by atoms with Crippen LogP contribution >= 0.6 is 0 Å². The summed E-state index contributed by atoms with van der Waals surface area (Å²) in [7, 11) is 1.55. The Labute approximate surface area is 168 Å². The first-order chi connectivity index (χ1) is 14.0. The van der Waals surface area contributed by atoms with E-state index in [9.17, 15) is 10.1 Å². The molecule has 9 heteroatoms. The van der Waals surface area contributed by atoms with Crippen molar-refractivity contribution < 1.29 is 24.1 Å². The number of nitrogens with one attached hydrogen (secondary N) is 1. The number of pyridine rings is 1. The number of nitriles is 1. The van der Waals surface area contributed by atoms with Crippen molar-refractivity contribution in [3.8, 4) is 17.6 Å². The molecule has 152 valence electrons. The zero-order chi connectivity index (χ0) is 21.2. The molecule has 0 amide bonds. The highest BCUT2D eigenvalue weighted by Gasteiger charge is 2.13. The lowest BCUT2D eigenvalue weighted by Crippen LogP contribution is -2.12. The number of benzene rings is 1. The highest BCUT2D eigenvalue weighted by atomic mass is 16.5. The number of carboxylic acid groups (broad SMARTS) is 1. The summed E-state index contributed by atoms with van der Waals surface area (Å²) in [5, 5.41) is 22.5. The van der Waals surface area contributed by atoms with Crippen LogP contribution in [-0.4, -0.2) is 42.6 Å². The van der Waals surface area contributed by atoms with Crippen molar-refractivity contribution in [2.75, 3.05) is 25.7 Å². The lowest BCUT2D eigenvalue weighted by Gasteiger charge is -2.13. The molecule has 0 unspecified atom stereocenters. The minimum atomic E-state index is -1.11. The van der Waals surface area contributed by atoms with Crippen LogP contribution in [0.15, 0.2) is 29.4 Å². The molecular weight excluding hydrogens is 376 g/mol. The van der Waals surface area contributed by atoms with E-state index in [1.807, 2.05) is 6.92 Å². The van der Waals surface area contributed by atoms with E-state index in [1.165, 1.54) is 6.21 Å². The number of rotatable bonds is 10. The molecule has 0 spiro atoms. The van der Waals surface area contributed by atoms with Crippen molar-refractivity contribution in [3.63, 3.8) is 0 Å². The zero-order valence-electron chi connectivity index (χ0n) is 16.4. The Kier molecular flexibility index (Phi) is 7.94. The van der Waals surface area contributed by atoms with Gasteiger partial charge in [0.15, 0.2) is 23.9 Å². The van der Waals surface area contributed by atoms with E-state index in [0.29, 0.717) is 40.6 Å². The number of nitrogens with zero attached hydrogens (tertiary/aromatic N) is 3. The number of carbonyl (C=O) groups is 1.